The van der Waals surface area contributed by atoms with Crippen LogP contribution < -0.4 is 5.32 Å². The Morgan fingerprint density at radius 3 is 1.00 bits per heavy atom. The molecule has 1 amide bonds. The van der Waals surface area contributed by atoms with Crippen LogP contribution in [0.3, 0.4) is 0 Å². The van der Waals surface area contributed by atoms with Crippen molar-refractivity contribution in [2.45, 2.75) is 379 Å². The van der Waals surface area contributed by atoms with Gasteiger partial charge >= 0.3 is 5.97 Å². The molecule has 0 saturated carbocycles. The van der Waals surface area contributed by atoms with E-state index < -0.39 is 12.1 Å². The quantitative estimate of drug-likeness (QED) is 0.0320. The van der Waals surface area contributed by atoms with Crippen molar-refractivity contribution in [1.29, 1.82) is 0 Å². The molecule has 0 aromatic heterocycles. The second-order valence-corrected chi connectivity index (χ2v) is 22.5. The molecule has 2 atom stereocenters. The van der Waals surface area contributed by atoms with E-state index in [1.54, 1.807) is 0 Å². The first kappa shape index (κ1) is 69.6. The topological polar surface area (TPSA) is 95.9 Å². The zero-order chi connectivity index (χ0) is 51.4. The summed E-state index contributed by atoms with van der Waals surface area (Å²) >= 11 is 0. The molecule has 422 valence electrons. The number of unbranched alkanes of at least 4 members (excludes halogenated alkanes) is 48. The highest BCUT2D eigenvalue weighted by molar-refractivity contribution is 5.76. The zero-order valence-electron chi connectivity index (χ0n) is 48.2. The minimum absolute atomic E-state index is 0.0165. The number of aliphatic hydroxyl groups excluding tert-OH is 2. The van der Waals surface area contributed by atoms with E-state index in [1.807, 2.05) is 0 Å². The Bertz CT molecular complexity index is 1060. The number of allylic oxidation sites excluding steroid dienone is 2. The fourth-order valence-electron chi connectivity index (χ4n) is 10.3. The summed E-state index contributed by atoms with van der Waals surface area (Å²) in [6.45, 7) is 4.98. The fourth-order valence-corrected chi connectivity index (χ4v) is 10.3. The Labute approximate surface area is 444 Å². The molecule has 0 radical (unpaired) electrons. The van der Waals surface area contributed by atoms with Crippen molar-refractivity contribution in [2.75, 3.05) is 13.2 Å². The van der Waals surface area contributed by atoms with Crippen LogP contribution in [0.5, 0.6) is 0 Å². The van der Waals surface area contributed by atoms with Gasteiger partial charge in [0, 0.05) is 12.8 Å². The molecule has 0 aliphatic heterocycles. The number of hydrogen-bond donors (Lipinski definition) is 3. The molecular formula is C65H127NO5. The number of esters is 1. The van der Waals surface area contributed by atoms with E-state index in [9.17, 15) is 19.8 Å². The number of carbonyl (C=O) groups excluding carboxylic acids is 2. The van der Waals surface area contributed by atoms with Gasteiger partial charge in [0.15, 0.2) is 0 Å². The molecule has 6 heteroatoms. The van der Waals surface area contributed by atoms with Gasteiger partial charge in [-0.05, 0) is 51.4 Å². The van der Waals surface area contributed by atoms with Crippen LogP contribution in [0.25, 0.3) is 0 Å². The van der Waals surface area contributed by atoms with Crippen LogP contribution in [0.4, 0.5) is 0 Å². The monoisotopic (exact) mass is 1000 g/mol. The van der Waals surface area contributed by atoms with Gasteiger partial charge < -0.3 is 20.3 Å². The highest BCUT2D eigenvalue weighted by Crippen LogP contribution is 2.18. The van der Waals surface area contributed by atoms with Crippen LogP contribution in [0, 0.1) is 0 Å². The normalized spacial score (nSPS) is 12.6. The van der Waals surface area contributed by atoms with Crippen molar-refractivity contribution in [2.24, 2.45) is 0 Å². The van der Waals surface area contributed by atoms with Crippen molar-refractivity contribution in [3.8, 4) is 0 Å². The van der Waals surface area contributed by atoms with Gasteiger partial charge in [0.2, 0.25) is 5.91 Å². The average Bonchev–Trinajstić information content (AvgIpc) is 3.37. The predicted octanol–water partition coefficient (Wildman–Crippen LogP) is 20.4. The first-order chi connectivity index (χ1) is 35.0. The minimum atomic E-state index is -0.664. The standard InChI is InChI=1S/C65H127NO5/c1-3-5-7-9-11-13-15-17-31-34-37-41-45-49-53-57-63(68)62(61-67)66-64(69)58-54-50-46-42-38-35-32-29-27-25-23-21-19-18-20-22-24-26-28-30-33-36-40-44-48-52-56-60-71-65(70)59-55-51-47-43-39-16-14-12-10-8-6-4-2/h18-19,62-63,67-68H,3-17,20-61H2,1-2H3,(H,66,69)/b19-18-. The van der Waals surface area contributed by atoms with Gasteiger partial charge in [0.25, 0.3) is 0 Å². The third kappa shape index (κ3) is 57.7. The maximum absolute atomic E-state index is 12.5. The number of ether oxygens (including phenoxy) is 1. The van der Waals surface area contributed by atoms with Crippen molar-refractivity contribution >= 4 is 11.9 Å². The van der Waals surface area contributed by atoms with E-state index in [0.29, 0.717) is 25.9 Å². The molecule has 0 aromatic carbocycles. The lowest BCUT2D eigenvalue weighted by molar-refractivity contribution is -0.143. The molecule has 0 aliphatic rings. The molecule has 0 spiro atoms. The number of aliphatic hydroxyl groups is 2. The van der Waals surface area contributed by atoms with Gasteiger partial charge in [-0.15, -0.1) is 0 Å². The Hall–Kier alpha value is -1.40. The number of amides is 1. The third-order valence-electron chi connectivity index (χ3n) is 15.3. The maximum atomic E-state index is 12.5. The Kier molecular flexibility index (Phi) is 59.9. The predicted molar refractivity (Wildman–Crippen MR) is 310 cm³/mol. The van der Waals surface area contributed by atoms with Gasteiger partial charge in [0.05, 0.1) is 25.4 Å². The smallest absolute Gasteiger partial charge is 0.305 e. The molecule has 0 heterocycles. The van der Waals surface area contributed by atoms with Crippen LogP contribution in [0.15, 0.2) is 12.2 Å². The largest absolute Gasteiger partial charge is 0.466 e. The van der Waals surface area contributed by atoms with Crippen molar-refractivity contribution in [3.05, 3.63) is 12.2 Å². The summed E-state index contributed by atoms with van der Waals surface area (Å²) < 4.78 is 5.48. The van der Waals surface area contributed by atoms with Gasteiger partial charge in [-0.3, -0.25) is 9.59 Å². The first-order valence-corrected chi connectivity index (χ1v) is 32.4. The molecule has 0 aliphatic carbocycles. The molecule has 2 unspecified atom stereocenters. The van der Waals surface area contributed by atoms with Crippen LogP contribution in [0.1, 0.15) is 367 Å². The van der Waals surface area contributed by atoms with E-state index in [1.165, 1.54) is 295 Å². The summed E-state index contributed by atoms with van der Waals surface area (Å²) in [6.07, 6.45) is 73.8. The Balaban J connectivity index is 3.37. The average molecular weight is 1000 g/mol. The third-order valence-corrected chi connectivity index (χ3v) is 15.3. The Morgan fingerprint density at radius 1 is 0.380 bits per heavy atom. The molecule has 0 saturated heterocycles. The lowest BCUT2D eigenvalue weighted by Crippen LogP contribution is -2.45. The summed E-state index contributed by atoms with van der Waals surface area (Å²) in [7, 11) is 0. The van der Waals surface area contributed by atoms with Gasteiger partial charge in [-0.25, -0.2) is 0 Å². The van der Waals surface area contributed by atoms with Crippen molar-refractivity contribution in [3.63, 3.8) is 0 Å². The second kappa shape index (κ2) is 61.1. The zero-order valence-corrected chi connectivity index (χ0v) is 48.2. The van der Waals surface area contributed by atoms with Crippen LogP contribution in [-0.2, 0) is 14.3 Å². The molecule has 0 aromatic rings. The summed E-state index contributed by atoms with van der Waals surface area (Å²) in [5.74, 6) is -0.0166. The molecule has 0 fully saturated rings. The summed E-state index contributed by atoms with van der Waals surface area (Å²) in [5, 5.41) is 23.3. The summed E-state index contributed by atoms with van der Waals surface area (Å²) in [5.41, 5.74) is 0. The highest BCUT2D eigenvalue weighted by Gasteiger charge is 2.20. The van der Waals surface area contributed by atoms with Crippen LogP contribution >= 0.6 is 0 Å². The lowest BCUT2D eigenvalue weighted by atomic mass is 10.0. The number of carbonyl (C=O) groups is 2. The molecule has 0 bridgehead atoms. The van der Waals surface area contributed by atoms with Gasteiger partial charge in [-0.2, -0.15) is 0 Å². The second-order valence-electron chi connectivity index (χ2n) is 22.5. The van der Waals surface area contributed by atoms with E-state index in [-0.39, 0.29) is 18.5 Å². The molecule has 0 rings (SSSR count). The maximum Gasteiger partial charge on any atom is 0.305 e. The van der Waals surface area contributed by atoms with Crippen LogP contribution in [-0.4, -0.2) is 47.4 Å². The lowest BCUT2D eigenvalue weighted by Gasteiger charge is -2.22. The van der Waals surface area contributed by atoms with E-state index in [2.05, 4.69) is 31.3 Å². The van der Waals surface area contributed by atoms with E-state index in [0.717, 1.165) is 38.5 Å². The molecule has 71 heavy (non-hydrogen) atoms. The molecular weight excluding hydrogens is 875 g/mol. The fraction of sp³-hybridized carbons (Fsp3) is 0.938. The molecule has 3 N–H and O–H groups in total. The number of nitrogens with one attached hydrogen (secondary N) is 1. The number of hydrogen-bond acceptors (Lipinski definition) is 5. The number of rotatable bonds is 61. The minimum Gasteiger partial charge on any atom is -0.466 e. The van der Waals surface area contributed by atoms with Crippen LogP contribution in [0.2, 0.25) is 0 Å². The SMILES string of the molecule is CCCCCCCCCCCCCCCCCC(O)C(CO)NC(=O)CCCCCCCCCCCCC/C=C\CCCCCCCCCCCCCCOC(=O)CCCCCCCCCCCCCC. The van der Waals surface area contributed by atoms with Crippen molar-refractivity contribution < 1.29 is 24.5 Å². The summed E-state index contributed by atoms with van der Waals surface area (Å²) in [4.78, 5) is 24.5. The summed E-state index contributed by atoms with van der Waals surface area (Å²) in [6, 6.07) is -0.541. The van der Waals surface area contributed by atoms with E-state index in [4.69, 9.17) is 4.74 Å². The van der Waals surface area contributed by atoms with E-state index >= 15 is 0 Å². The highest BCUT2D eigenvalue weighted by atomic mass is 16.5. The molecule has 6 nitrogen and oxygen atoms in total. The Morgan fingerprint density at radius 2 is 0.662 bits per heavy atom. The van der Waals surface area contributed by atoms with Crippen molar-refractivity contribution in [1.82, 2.24) is 5.32 Å². The van der Waals surface area contributed by atoms with Gasteiger partial charge in [-0.1, -0.05) is 315 Å². The van der Waals surface area contributed by atoms with Gasteiger partial charge in [0.1, 0.15) is 0 Å². The first-order valence-electron chi connectivity index (χ1n) is 32.4.